The molecule has 1 aromatic rings. The fourth-order valence-corrected chi connectivity index (χ4v) is 3.58. The number of sulfone groups is 1. The topological polar surface area (TPSA) is 101 Å². The number of allylic oxidation sites excluding steroid dienone is 3. The first-order chi connectivity index (χ1) is 13.9. The number of para-hydroxylation sites is 1. The van der Waals surface area contributed by atoms with E-state index in [1.165, 1.54) is 12.1 Å². The Kier molecular flexibility index (Phi) is 6.42. The van der Waals surface area contributed by atoms with Gasteiger partial charge in [-0.25, -0.2) is 17.2 Å². The van der Waals surface area contributed by atoms with E-state index in [4.69, 9.17) is 13.0 Å². The molecule has 0 bridgehead atoms. The Morgan fingerprint density at radius 3 is 1.90 bits per heavy atom. The molecule has 0 amide bonds. The van der Waals surface area contributed by atoms with Crippen molar-refractivity contribution in [3.05, 3.63) is 47.6 Å². The Balaban J connectivity index is 0.000000366. The molecule has 0 saturated heterocycles. The van der Waals surface area contributed by atoms with Crippen molar-refractivity contribution in [3.8, 4) is 0 Å². The zero-order chi connectivity index (χ0) is 24.0. The highest BCUT2D eigenvalue weighted by atomic mass is 32.2. The Morgan fingerprint density at radius 1 is 0.935 bits per heavy atom. The Hall–Kier alpha value is -2.33. The van der Waals surface area contributed by atoms with Crippen LogP contribution in [-0.2, 0) is 20.0 Å². The van der Waals surface area contributed by atoms with Crippen LogP contribution in [0.5, 0.6) is 0 Å². The molecule has 0 spiro atoms. The van der Waals surface area contributed by atoms with Crippen LogP contribution in [0.3, 0.4) is 0 Å². The van der Waals surface area contributed by atoms with E-state index in [9.17, 15) is 43.5 Å². The normalized spacial score (nSPS) is 18.9. The molecule has 0 aromatic heterocycles. The van der Waals surface area contributed by atoms with E-state index >= 15 is 0 Å². The lowest BCUT2D eigenvalue weighted by molar-refractivity contribution is -0.0510. The zero-order valence-electron chi connectivity index (χ0n) is 14.5. The van der Waals surface area contributed by atoms with Gasteiger partial charge in [0.1, 0.15) is 5.25 Å². The maximum Gasteiger partial charge on any atom is 0.522 e. The second-order valence-corrected chi connectivity index (χ2v) is 9.35. The second kappa shape index (κ2) is 7.98. The zero-order valence-corrected chi connectivity index (χ0v) is 16.1. The van der Waals surface area contributed by atoms with Crippen molar-refractivity contribution in [2.45, 2.75) is 22.7 Å². The number of halogens is 8. The quantitative estimate of drug-likeness (QED) is 0.376. The van der Waals surface area contributed by atoms with Gasteiger partial charge in [0.05, 0.1) is 11.4 Å². The average Bonchev–Trinajstić information content (AvgIpc) is 2.97. The van der Waals surface area contributed by atoms with E-state index in [2.05, 4.69) is 4.99 Å². The smallest absolute Gasteiger partial charge is 0.279 e. The van der Waals surface area contributed by atoms with E-state index in [0.29, 0.717) is 11.6 Å². The molecule has 172 valence electrons. The van der Waals surface area contributed by atoms with Crippen LogP contribution in [0.4, 0.5) is 40.8 Å². The number of hydrogen-bond donors (Lipinski definition) is 1. The molecule has 0 radical (unpaired) electrons. The lowest BCUT2D eigenvalue weighted by atomic mass is 9.93. The van der Waals surface area contributed by atoms with Crippen LogP contribution in [0, 0.1) is 0 Å². The summed E-state index contributed by atoms with van der Waals surface area (Å²) in [5.74, 6) is 0. The van der Waals surface area contributed by atoms with E-state index in [1.54, 1.807) is 12.1 Å². The Labute approximate surface area is 169 Å². The Morgan fingerprint density at radius 2 is 1.45 bits per heavy atom. The number of benzene rings is 1. The van der Waals surface area contributed by atoms with Gasteiger partial charge >= 0.3 is 21.1 Å². The summed E-state index contributed by atoms with van der Waals surface area (Å²) < 4.78 is 146. The molecule has 1 heterocycles. The third-order valence-electron chi connectivity index (χ3n) is 3.84. The maximum absolute atomic E-state index is 13.0. The van der Waals surface area contributed by atoms with Gasteiger partial charge in [-0.1, -0.05) is 24.3 Å². The fourth-order valence-electron chi connectivity index (χ4n) is 2.48. The van der Waals surface area contributed by atoms with Gasteiger partial charge in [-0.3, -0.25) is 9.55 Å². The number of hydrogen-bond acceptors (Lipinski definition) is 5. The molecular weight excluding hydrogens is 490 g/mol. The van der Waals surface area contributed by atoms with Gasteiger partial charge in [0, 0.05) is 16.7 Å². The number of rotatable bonds is 2. The van der Waals surface area contributed by atoms with Crippen molar-refractivity contribution in [2.24, 2.45) is 4.99 Å². The summed E-state index contributed by atoms with van der Waals surface area (Å²) in [6, 6.07) is 6.09. The van der Waals surface area contributed by atoms with Crippen LogP contribution in [0.15, 0.2) is 47.0 Å². The van der Waals surface area contributed by atoms with Gasteiger partial charge in [-0.15, -0.1) is 0 Å². The average molecular weight is 499 g/mol. The highest BCUT2D eigenvalue weighted by Gasteiger charge is 2.53. The molecule has 6 nitrogen and oxygen atoms in total. The van der Waals surface area contributed by atoms with Crippen LogP contribution >= 0.6 is 0 Å². The summed E-state index contributed by atoms with van der Waals surface area (Å²) in [4.78, 5) is 3.91. The van der Waals surface area contributed by atoms with Crippen molar-refractivity contribution in [1.29, 1.82) is 0 Å². The fraction of sp³-hybridized carbons (Fsp3) is 0.267. The van der Waals surface area contributed by atoms with Gasteiger partial charge in [0.25, 0.3) is 16.3 Å². The van der Waals surface area contributed by atoms with Crippen LogP contribution in [0.2, 0.25) is 0 Å². The minimum atomic E-state index is -5.84. The molecule has 0 saturated carbocycles. The van der Waals surface area contributed by atoms with Crippen LogP contribution in [0.1, 0.15) is 5.56 Å². The van der Waals surface area contributed by atoms with Crippen molar-refractivity contribution in [1.82, 2.24) is 0 Å². The summed E-state index contributed by atoms with van der Waals surface area (Å²) in [6.45, 7) is 0. The van der Waals surface area contributed by atoms with Gasteiger partial charge < -0.3 is 0 Å². The van der Waals surface area contributed by atoms with Crippen LogP contribution < -0.4 is 0 Å². The molecule has 1 aliphatic heterocycles. The molecule has 1 aliphatic carbocycles. The third-order valence-corrected chi connectivity index (χ3v) is 6.09. The first-order valence-electron chi connectivity index (χ1n) is 7.61. The van der Waals surface area contributed by atoms with Crippen molar-refractivity contribution in [3.63, 3.8) is 0 Å². The largest absolute Gasteiger partial charge is 0.522 e. The molecule has 0 fully saturated rings. The molecule has 1 N–H and O–H groups in total. The molecule has 16 heteroatoms. The number of aliphatic imine (C=N–C) groups is 1. The monoisotopic (exact) mass is 499 g/mol. The maximum atomic E-state index is 13.0. The van der Waals surface area contributed by atoms with Crippen molar-refractivity contribution < 1.29 is 56.5 Å². The molecule has 1 atom stereocenters. The highest BCUT2D eigenvalue weighted by Crippen LogP contribution is 2.43. The van der Waals surface area contributed by atoms with Crippen molar-refractivity contribution in [2.75, 3.05) is 0 Å². The first kappa shape index (κ1) is 24.9. The Bertz CT molecular complexity index is 1180. The van der Waals surface area contributed by atoms with E-state index in [-0.39, 0.29) is 17.0 Å². The van der Waals surface area contributed by atoms with Gasteiger partial charge in [-0.2, -0.15) is 34.8 Å². The number of alkyl halides is 8. The minimum absolute atomic E-state index is 0.0174. The number of nitrogens with zero attached hydrogens (tertiary/aromatic N) is 1. The predicted octanol–water partition coefficient (Wildman–Crippen LogP) is 4.06. The highest BCUT2D eigenvalue weighted by molar-refractivity contribution is 7.93. The van der Waals surface area contributed by atoms with Gasteiger partial charge in [0.2, 0.25) is 0 Å². The van der Waals surface area contributed by atoms with E-state index in [0.717, 1.165) is 6.08 Å². The number of fused-ring (bicyclic) bond motifs is 3. The van der Waals surface area contributed by atoms with Crippen LogP contribution in [0.25, 0.3) is 5.57 Å². The predicted molar refractivity (Wildman–Crippen MR) is 92.0 cm³/mol. The van der Waals surface area contributed by atoms with Crippen LogP contribution in [-0.4, -0.2) is 49.8 Å². The summed E-state index contributed by atoms with van der Waals surface area (Å²) in [5, 5.41) is -2.28. The van der Waals surface area contributed by atoms with E-state index in [1.807, 2.05) is 0 Å². The lowest BCUT2D eigenvalue weighted by Crippen LogP contribution is -2.39. The molecule has 1 unspecified atom stereocenters. The van der Waals surface area contributed by atoms with E-state index < -0.39 is 48.2 Å². The summed E-state index contributed by atoms with van der Waals surface area (Å²) in [7, 11) is -11.6. The molecule has 1 aromatic carbocycles. The first-order valence-corrected chi connectivity index (χ1v) is 10.6. The summed E-state index contributed by atoms with van der Waals surface area (Å²) >= 11 is 0. The minimum Gasteiger partial charge on any atom is -0.279 e. The third kappa shape index (κ3) is 4.95. The van der Waals surface area contributed by atoms with Crippen molar-refractivity contribution >= 4 is 36.9 Å². The molecular formula is C15H9F8NO5S2. The molecule has 31 heavy (non-hydrogen) atoms. The summed E-state index contributed by atoms with van der Waals surface area (Å²) in [6.07, 6.45) is -1.69. The standard InChI is InChI=1S/C14H8F5NO2S.CHF3O3S/c15-13(16)7-5-9-8-3-1-2-4-10(8)20-12(9)11(6-7)23(21,22)14(17,18)19;2-1(3,4)8(5,6)7/h1-6,11,13H;(H,5,6,7). The lowest BCUT2D eigenvalue weighted by Gasteiger charge is -2.22. The SMILES string of the molecule is O=S(=O)(C1C=C(C(F)F)C=C2C1=Nc1ccccc12)C(F)(F)F.O=S(=O)(O)C(F)(F)F. The van der Waals surface area contributed by atoms with Gasteiger partial charge in [0.15, 0.2) is 0 Å². The second-order valence-electron chi connectivity index (χ2n) is 5.87. The molecule has 3 rings (SSSR count). The van der Waals surface area contributed by atoms with Gasteiger partial charge in [-0.05, 0) is 12.1 Å². The molecule has 2 aliphatic rings. The summed E-state index contributed by atoms with van der Waals surface area (Å²) in [5.41, 5.74) is -11.7.